The van der Waals surface area contributed by atoms with Crippen LogP contribution in [0, 0.1) is 18.6 Å². The Kier molecular flexibility index (Phi) is 3.22. The van der Waals surface area contributed by atoms with E-state index in [1.807, 2.05) is 24.3 Å². The Hall–Kier alpha value is -2.27. The number of benzene rings is 2. The number of para-hydroxylation sites is 1. The third-order valence-corrected chi connectivity index (χ3v) is 3.71. The fraction of sp³-hybridized carbons (Fsp3) is 0.188. The molecule has 0 radical (unpaired) electrons. The molecule has 0 saturated carbocycles. The predicted octanol–water partition coefficient (Wildman–Crippen LogP) is 3.21. The highest BCUT2D eigenvalue weighted by atomic mass is 19.1. The van der Waals surface area contributed by atoms with Gasteiger partial charge in [-0.25, -0.2) is 8.78 Å². The smallest absolute Gasteiger partial charge is 0.134 e. The molecule has 0 aliphatic heterocycles. The van der Waals surface area contributed by atoms with Crippen molar-refractivity contribution in [1.29, 1.82) is 0 Å². The largest absolute Gasteiger partial charge is 0.319 e. The van der Waals surface area contributed by atoms with Gasteiger partial charge in [-0.05, 0) is 24.6 Å². The first-order valence-electron chi connectivity index (χ1n) is 6.62. The molecule has 0 spiro atoms. The van der Waals surface area contributed by atoms with E-state index in [0.717, 1.165) is 10.9 Å². The lowest BCUT2D eigenvalue weighted by Crippen LogP contribution is -2.17. The molecule has 0 aliphatic carbocycles. The molecule has 0 saturated heterocycles. The Morgan fingerprint density at radius 1 is 1.14 bits per heavy atom. The third kappa shape index (κ3) is 2.10. The van der Waals surface area contributed by atoms with Crippen LogP contribution >= 0.6 is 0 Å². The molecule has 5 heteroatoms. The number of hydrogen-bond acceptors (Lipinski definition) is 2. The molecule has 1 heterocycles. The van der Waals surface area contributed by atoms with Crippen molar-refractivity contribution in [3.63, 3.8) is 0 Å². The van der Waals surface area contributed by atoms with Crippen LogP contribution in [-0.4, -0.2) is 9.78 Å². The minimum Gasteiger partial charge on any atom is -0.319 e. The fourth-order valence-electron chi connectivity index (χ4n) is 2.57. The van der Waals surface area contributed by atoms with E-state index in [4.69, 9.17) is 5.73 Å². The molecule has 3 aromatic rings. The van der Waals surface area contributed by atoms with Gasteiger partial charge in [0.1, 0.15) is 11.6 Å². The van der Waals surface area contributed by atoms with Gasteiger partial charge in [0.2, 0.25) is 0 Å². The highest BCUT2D eigenvalue weighted by molar-refractivity contribution is 5.82. The van der Waals surface area contributed by atoms with Crippen LogP contribution in [0.1, 0.15) is 22.9 Å². The van der Waals surface area contributed by atoms with Crippen molar-refractivity contribution in [2.24, 2.45) is 12.8 Å². The van der Waals surface area contributed by atoms with E-state index < -0.39 is 17.7 Å². The number of fused-ring (bicyclic) bond motifs is 1. The van der Waals surface area contributed by atoms with Gasteiger partial charge in [0.25, 0.3) is 0 Å². The summed E-state index contributed by atoms with van der Waals surface area (Å²) in [4.78, 5) is 0. The summed E-state index contributed by atoms with van der Waals surface area (Å²) in [6.07, 6.45) is 0. The standard InChI is InChI=1S/C16H15F2N3/c1-9-7-8-11(17)13(14(9)18)15(19)16-10-5-3-4-6-12(10)21(2)20-16/h3-8,15H,19H2,1-2H3. The van der Waals surface area contributed by atoms with Gasteiger partial charge in [0.15, 0.2) is 0 Å². The first-order valence-corrected chi connectivity index (χ1v) is 6.62. The molecule has 108 valence electrons. The SMILES string of the molecule is Cc1ccc(F)c(C(N)c2nn(C)c3ccccc23)c1F. The average Bonchev–Trinajstić information content (AvgIpc) is 2.81. The molecule has 21 heavy (non-hydrogen) atoms. The minimum absolute atomic E-state index is 0.140. The van der Waals surface area contributed by atoms with Gasteiger partial charge in [-0.3, -0.25) is 4.68 Å². The van der Waals surface area contributed by atoms with E-state index in [2.05, 4.69) is 5.10 Å². The Labute approximate surface area is 121 Å². The van der Waals surface area contributed by atoms with Gasteiger partial charge in [-0.1, -0.05) is 24.3 Å². The molecule has 0 amide bonds. The number of aromatic nitrogens is 2. The Bertz CT molecular complexity index is 824. The van der Waals surface area contributed by atoms with Crippen LogP contribution in [0.15, 0.2) is 36.4 Å². The van der Waals surface area contributed by atoms with Crippen molar-refractivity contribution >= 4 is 10.9 Å². The molecule has 2 aromatic carbocycles. The molecule has 0 bridgehead atoms. The van der Waals surface area contributed by atoms with Crippen LogP contribution < -0.4 is 5.73 Å². The number of rotatable bonds is 2. The average molecular weight is 287 g/mol. The maximum absolute atomic E-state index is 14.3. The van der Waals surface area contributed by atoms with Crippen molar-refractivity contribution in [3.05, 3.63) is 64.9 Å². The van der Waals surface area contributed by atoms with Crippen LogP contribution in [0.4, 0.5) is 8.78 Å². The predicted molar refractivity (Wildman–Crippen MR) is 77.8 cm³/mol. The minimum atomic E-state index is -0.948. The summed E-state index contributed by atoms with van der Waals surface area (Å²) in [5.74, 6) is -1.27. The van der Waals surface area contributed by atoms with E-state index in [0.29, 0.717) is 11.3 Å². The van der Waals surface area contributed by atoms with Gasteiger partial charge in [0, 0.05) is 18.0 Å². The van der Waals surface area contributed by atoms with Crippen LogP contribution in [0.5, 0.6) is 0 Å². The fourth-order valence-corrected chi connectivity index (χ4v) is 2.57. The summed E-state index contributed by atoms with van der Waals surface area (Å²) in [7, 11) is 1.78. The van der Waals surface area contributed by atoms with Crippen molar-refractivity contribution in [2.75, 3.05) is 0 Å². The molecular weight excluding hydrogens is 272 g/mol. The molecule has 3 rings (SSSR count). The lowest BCUT2D eigenvalue weighted by molar-refractivity contribution is 0.534. The van der Waals surface area contributed by atoms with Crippen molar-refractivity contribution < 1.29 is 8.78 Å². The molecule has 0 fully saturated rings. The van der Waals surface area contributed by atoms with Gasteiger partial charge in [-0.15, -0.1) is 0 Å². The summed E-state index contributed by atoms with van der Waals surface area (Å²) in [6.45, 7) is 1.58. The van der Waals surface area contributed by atoms with E-state index in [1.165, 1.54) is 12.1 Å². The second-order valence-electron chi connectivity index (χ2n) is 5.10. The maximum atomic E-state index is 14.3. The molecule has 3 nitrogen and oxygen atoms in total. The second kappa shape index (κ2) is 4.93. The van der Waals surface area contributed by atoms with Gasteiger partial charge < -0.3 is 5.73 Å². The number of halogens is 2. The summed E-state index contributed by atoms with van der Waals surface area (Å²) in [5.41, 5.74) is 7.67. The first-order chi connectivity index (χ1) is 10.0. The Morgan fingerprint density at radius 2 is 1.86 bits per heavy atom. The van der Waals surface area contributed by atoms with E-state index in [9.17, 15) is 8.78 Å². The zero-order valence-electron chi connectivity index (χ0n) is 11.8. The highest BCUT2D eigenvalue weighted by Crippen LogP contribution is 2.30. The number of nitrogens with zero attached hydrogens (tertiary/aromatic N) is 2. The van der Waals surface area contributed by atoms with Crippen molar-refractivity contribution in [2.45, 2.75) is 13.0 Å². The van der Waals surface area contributed by atoms with Gasteiger partial charge in [0.05, 0.1) is 17.3 Å². The Morgan fingerprint density at radius 3 is 2.62 bits per heavy atom. The van der Waals surface area contributed by atoms with Crippen LogP contribution in [0.25, 0.3) is 10.9 Å². The second-order valence-corrected chi connectivity index (χ2v) is 5.10. The van der Waals surface area contributed by atoms with E-state index in [-0.39, 0.29) is 5.56 Å². The maximum Gasteiger partial charge on any atom is 0.134 e. The topological polar surface area (TPSA) is 43.8 Å². The zero-order valence-corrected chi connectivity index (χ0v) is 11.8. The monoisotopic (exact) mass is 287 g/mol. The summed E-state index contributed by atoms with van der Waals surface area (Å²) in [6, 6.07) is 9.16. The van der Waals surface area contributed by atoms with Crippen LogP contribution in [0.3, 0.4) is 0 Å². The quantitative estimate of drug-likeness (QED) is 0.786. The summed E-state index contributed by atoms with van der Waals surface area (Å²) < 4.78 is 29.9. The van der Waals surface area contributed by atoms with Crippen molar-refractivity contribution in [1.82, 2.24) is 9.78 Å². The molecule has 0 aliphatic rings. The molecule has 1 atom stereocenters. The normalized spacial score (nSPS) is 12.8. The summed E-state index contributed by atoms with van der Waals surface area (Å²) >= 11 is 0. The van der Waals surface area contributed by atoms with Gasteiger partial charge >= 0.3 is 0 Å². The number of aryl methyl sites for hydroxylation is 2. The number of hydrogen-bond donors (Lipinski definition) is 1. The molecule has 1 unspecified atom stereocenters. The highest BCUT2D eigenvalue weighted by Gasteiger charge is 2.24. The molecule has 2 N–H and O–H groups in total. The van der Waals surface area contributed by atoms with Crippen LogP contribution in [-0.2, 0) is 7.05 Å². The lowest BCUT2D eigenvalue weighted by atomic mass is 9.98. The molecule has 1 aromatic heterocycles. The van der Waals surface area contributed by atoms with E-state index in [1.54, 1.807) is 18.7 Å². The van der Waals surface area contributed by atoms with E-state index >= 15 is 0 Å². The van der Waals surface area contributed by atoms with Crippen LogP contribution in [0.2, 0.25) is 0 Å². The number of nitrogens with two attached hydrogens (primary N) is 1. The van der Waals surface area contributed by atoms with Gasteiger partial charge in [-0.2, -0.15) is 5.10 Å². The van der Waals surface area contributed by atoms with Crippen molar-refractivity contribution in [3.8, 4) is 0 Å². The lowest BCUT2D eigenvalue weighted by Gasteiger charge is -2.13. The third-order valence-electron chi connectivity index (χ3n) is 3.71. The molecular formula is C16H15F2N3. The zero-order chi connectivity index (χ0) is 15.1. The summed E-state index contributed by atoms with van der Waals surface area (Å²) in [5, 5.41) is 5.14. The first kappa shape index (κ1) is 13.7. The Balaban J connectivity index is 2.22.